The summed E-state index contributed by atoms with van der Waals surface area (Å²) < 4.78 is 16.2. The average Bonchev–Trinajstić information content (AvgIpc) is 2.75. The fourth-order valence-electron chi connectivity index (χ4n) is 2.81. The van der Waals surface area contributed by atoms with Gasteiger partial charge < -0.3 is 14.2 Å². The Kier molecular flexibility index (Phi) is 7.22. The van der Waals surface area contributed by atoms with Crippen molar-refractivity contribution in [2.75, 3.05) is 13.2 Å². The van der Waals surface area contributed by atoms with E-state index in [1.54, 1.807) is 30.3 Å². The molecule has 0 aliphatic carbocycles. The van der Waals surface area contributed by atoms with Crippen molar-refractivity contribution in [1.82, 2.24) is 0 Å². The zero-order valence-corrected chi connectivity index (χ0v) is 17.1. The predicted octanol–water partition coefficient (Wildman–Crippen LogP) is 4.69. The summed E-state index contributed by atoms with van der Waals surface area (Å²) in [4.78, 5) is 24.7. The molecule has 0 N–H and O–H groups in total. The molecule has 0 unspecified atom stereocenters. The van der Waals surface area contributed by atoms with Crippen molar-refractivity contribution in [3.63, 3.8) is 0 Å². The van der Waals surface area contributed by atoms with E-state index in [2.05, 4.69) is 0 Å². The van der Waals surface area contributed by atoms with E-state index >= 15 is 0 Å². The second-order valence-corrected chi connectivity index (χ2v) is 6.88. The molecular formula is C25H24O5. The van der Waals surface area contributed by atoms with Crippen molar-refractivity contribution in [1.29, 1.82) is 0 Å². The maximum Gasteiger partial charge on any atom is 0.349 e. The molecule has 0 amide bonds. The molecule has 3 aromatic carbocycles. The van der Waals surface area contributed by atoms with Crippen molar-refractivity contribution in [3.05, 3.63) is 95.1 Å². The van der Waals surface area contributed by atoms with Crippen LogP contribution in [0.4, 0.5) is 0 Å². The third kappa shape index (κ3) is 5.95. The normalized spacial score (nSPS) is 10.3. The van der Waals surface area contributed by atoms with Crippen LogP contribution in [0.2, 0.25) is 0 Å². The summed E-state index contributed by atoms with van der Waals surface area (Å²) in [6, 6.07) is 21.8. The Balaban J connectivity index is 1.55. The number of carbonyl (C=O) groups is 2. The first-order valence-corrected chi connectivity index (χ1v) is 9.74. The number of ether oxygens (including phenoxy) is 3. The third-order valence-corrected chi connectivity index (χ3v) is 4.63. The molecule has 0 saturated carbocycles. The van der Waals surface area contributed by atoms with Gasteiger partial charge in [0.25, 0.3) is 0 Å². The van der Waals surface area contributed by atoms with E-state index in [-0.39, 0.29) is 24.5 Å². The number of hydrogen-bond acceptors (Lipinski definition) is 5. The van der Waals surface area contributed by atoms with Crippen molar-refractivity contribution >= 4 is 11.9 Å². The molecule has 0 heterocycles. The van der Waals surface area contributed by atoms with E-state index in [0.29, 0.717) is 12.2 Å². The van der Waals surface area contributed by atoms with Crippen LogP contribution < -0.4 is 9.47 Å². The van der Waals surface area contributed by atoms with Gasteiger partial charge in [-0.15, -0.1) is 0 Å². The molecular weight excluding hydrogens is 380 g/mol. The minimum atomic E-state index is -0.599. The van der Waals surface area contributed by atoms with E-state index in [4.69, 9.17) is 14.2 Å². The van der Waals surface area contributed by atoms with Crippen LogP contribution in [-0.4, -0.2) is 25.2 Å². The first-order chi connectivity index (χ1) is 14.5. The van der Waals surface area contributed by atoms with Crippen molar-refractivity contribution in [3.8, 4) is 11.5 Å². The quantitative estimate of drug-likeness (QED) is 0.403. The Morgan fingerprint density at radius 1 is 0.833 bits per heavy atom. The number of para-hydroxylation sites is 1. The molecule has 0 saturated heterocycles. The summed E-state index contributed by atoms with van der Waals surface area (Å²) in [5, 5.41) is 0. The zero-order chi connectivity index (χ0) is 21.3. The van der Waals surface area contributed by atoms with Gasteiger partial charge in [-0.2, -0.15) is 0 Å². The number of carbonyl (C=O) groups excluding carboxylic acids is 2. The molecule has 0 aromatic heterocycles. The van der Waals surface area contributed by atoms with Crippen molar-refractivity contribution in [2.45, 2.75) is 20.3 Å². The first-order valence-electron chi connectivity index (χ1n) is 9.74. The lowest BCUT2D eigenvalue weighted by Gasteiger charge is -2.11. The molecule has 3 rings (SSSR count). The standard InChI is InChI=1S/C25H24O5/c1-18-12-13-21(16-19(18)2)29-17-24(26)30-23-11-7-6-10-22(23)25(27)28-15-14-20-8-4-3-5-9-20/h3-13,16H,14-15,17H2,1-2H3. The highest BCUT2D eigenvalue weighted by Gasteiger charge is 2.16. The highest BCUT2D eigenvalue weighted by atomic mass is 16.6. The van der Waals surface area contributed by atoms with Crippen LogP contribution in [0.25, 0.3) is 0 Å². The van der Waals surface area contributed by atoms with E-state index in [1.165, 1.54) is 0 Å². The topological polar surface area (TPSA) is 61.8 Å². The average molecular weight is 404 g/mol. The van der Waals surface area contributed by atoms with Gasteiger partial charge in [-0.1, -0.05) is 48.5 Å². The predicted molar refractivity (Wildman–Crippen MR) is 114 cm³/mol. The summed E-state index contributed by atoms with van der Waals surface area (Å²) in [5.74, 6) is -0.401. The van der Waals surface area contributed by atoms with E-state index in [9.17, 15) is 9.59 Å². The van der Waals surface area contributed by atoms with Gasteiger partial charge in [0, 0.05) is 6.42 Å². The lowest BCUT2D eigenvalue weighted by Crippen LogP contribution is -2.19. The summed E-state index contributed by atoms with van der Waals surface area (Å²) in [6.45, 7) is 3.95. The number of aryl methyl sites for hydroxylation is 2. The minimum absolute atomic E-state index is 0.149. The fourth-order valence-corrected chi connectivity index (χ4v) is 2.81. The van der Waals surface area contributed by atoms with Crippen molar-refractivity contribution in [2.24, 2.45) is 0 Å². The summed E-state index contributed by atoms with van der Waals surface area (Å²) >= 11 is 0. The molecule has 0 atom stereocenters. The lowest BCUT2D eigenvalue weighted by atomic mass is 10.1. The fraction of sp³-hybridized carbons (Fsp3) is 0.200. The Hall–Kier alpha value is -3.60. The summed E-state index contributed by atoms with van der Waals surface area (Å²) in [5.41, 5.74) is 3.49. The summed E-state index contributed by atoms with van der Waals surface area (Å²) in [6.07, 6.45) is 0.609. The van der Waals surface area contributed by atoms with Gasteiger partial charge in [-0.3, -0.25) is 0 Å². The van der Waals surface area contributed by atoms with Crippen LogP contribution in [0, 0.1) is 13.8 Å². The van der Waals surface area contributed by atoms with E-state index in [0.717, 1.165) is 16.7 Å². The van der Waals surface area contributed by atoms with Gasteiger partial charge in [-0.25, -0.2) is 9.59 Å². The molecule has 5 heteroatoms. The molecule has 0 aliphatic heterocycles. The lowest BCUT2D eigenvalue weighted by molar-refractivity contribution is -0.136. The van der Waals surface area contributed by atoms with Crippen molar-refractivity contribution < 1.29 is 23.8 Å². The molecule has 5 nitrogen and oxygen atoms in total. The minimum Gasteiger partial charge on any atom is -0.482 e. The maximum absolute atomic E-state index is 12.4. The Labute approximate surface area is 176 Å². The van der Waals surface area contributed by atoms with Crippen LogP contribution in [0.3, 0.4) is 0 Å². The number of rotatable bonds is 8. The highest BCUT2D eigenvalue weighted by molar-refractivity contribution is 5.93. The monoisotopic (exact) mass is 404 g/mol. The molecule has 0 aliphatic rings. The number of esters is 2. The van der Waals surface area contributed by atoms with Gasteiger partial charge in [0.05, 0.1) is 6.61 Å². The largest absolute Gasteiger partial charge is 0.482 e. The molecule has 0 fully saturated rings. The molecule has 154 valence electrons. The number of benzene rings is 3. The Morgan fingerprint density at radius 2 is 1.57 bits per heavy atom. The number of hydrogen-bond donors (Lipinski definition) is 0. The van der Waals surface area contributed by atoms with Gasteiger partial charge in [0.1, 0.15) is 17.1 Å². The third-order valence-electron chi connectivity index (χ3n) is 4.63. The highest BCUT2D eigenvalue weighted by Crippen LogP contribution is 2.20. The molecule has 3 aromatic rings. The van der Waals surface area contributed by atoms with Gasteiger partial charge >= 0.3 is 11.9 Å². The van der Waals surface area contributed by atoms with Crippen LogP contribution in [0.1, 0.15) is 27.0 Å². The van der Waals surface area contributed by atoms with Crippen LogP contribution in [0.15, 0.2) is 72.8 Å². The Bertz CT molecular complexity index is 1010. The van der Waals surface area contributed by atoms with E-state index < -0.39 is 11.9 Å². The second-order valence-electron chi connectivity index (χ2n) is 6.88. The second kappa shape index (κ2) is 10.3. The van der Waals surface area contributed by atoms with Crippen LogP contribution in [-0.2, 0) is 16.0 Å². The maximum atomic E-state index is 12.4. The molecule has 0 radical (unpaired) electrons. The SMILES string of the molecule is Cc1ccc(OCC(=O)Oc2ccccc2C(=O)OCCc2ccccc2)cc1C. The van der Waals surface area contributed by atoms with Gasteiger partial charge in [0.2, 0.25) is 0 Å². The molecule has 0 bridgehead atoms. The smallest absolute Gasteiger partial charge is 0.349 e. The van der Waals surface area contributed by atoms with Crippen LogP contribution >= 0.6 is 0 Å². The summed E-state index contributed by atoms with van der Waals surface area (Å²) in [7, 11) is 0. The Morgan fingerprint density at radius 3 is 2.33 bits per heavy atom. The molecule has 0 spiro atoms. The van der Waals surface area contributed by atoms with Gasteiger partial charge in [0.15, 0.2) is 6.61 Å². The van der Waals surface area contributed by atoms with Gasteiger partial charge in [-0.05, 0) is 54.8 Å². The molecule has 30 heavy (non-hydrogen) atoms. The first kappa shape index (κ1) is 21.1. The zero-order valence-electron chi connectivity index (χ0n) is 17.1. The van der Waals surface area contributed by atoms with E-state index in [1.807, 2.05) is 56.3 Å². The van der Waals surface area contributed by atoms with Crippen LogP contribution in [0.5, 0.6) is 11.5 Å².